The first-order valence-electron chi connectivity index (χ1n) is 7.21. The Kier molecular flexibility index (Phi) is 5.16. The van der Waals surface area contributed by atoms with Gasteiger partial charge in [0.1, 0.15) is 5.82 Å². The summed E-state index contributed by atoms with van der Waals surface area (Å²) in [5, 5.41) is 3.62. The predicted molar refractivity (Wildman–Crippen MR) is 78.0 cm³/mol. The summed E-state index contributed by atoms with van der Waals surface area (Å²) in [4.78, 5) is 4.05. The van der Waals surface area contributed by atoms with Gasteiger partial charge in [-0.05, 0) is 55.8 Å². The van der Waals surface area contributed by atoms with Crippen molar-refractivity contribution in [1.82, 2.24) is 10.3 Å². The quantitative estimate of drug-likeness (QED) is 0.753. The second kappa shape index (κ2) is 6.87. The number of nitrogens with two attached hydrogens (primary N) is 1. The standard InChI is InChI=1S/C15H25N3O/c1-3-7-17-13(15(19-2)12-4-5-12)9-11-6-8-18-14(16)10-11/h6,8,10,12-13,15,17H,3-5,7,9H2,1-2H3,(H2,16,18). The molecule has 1 fully saturated rings. The minimum Gasteiger partial charge on any atom is -0.384 e. The molecule has 2 rings (SSSR count). The van der Waals surface area contributed by atoms with Gasteiger partial charge < -0.3 is 15.8 Å². The van der Waals surface area contributed by atoms with E-state index in [1.165, 1.54) is 18.4 Å². The molecule has 1 aromatic rings. The van der Waals surface area contributed by atoms with E-state index in [0.29, 0.717) is 18.0 Å². The fraction of sp³-hybridized carbons (Fsp3) is 0.667. The molecular formula is C15H25N3O. The van der Waals surface area contributed by atoms with Crippen LogP contribution in [0.1, 0.15) is 31.7 Å². The van der Waals surface area contributed by atoms with Gasteiger partial charge in [0.2, 0.25) is 0 Å². The van der Waals surface area contributed by atoms with Crippen molar-refractivity contribution in [2.45, 2.75) is 44.8 Å². The van der Waals surface area contributed by atoms with E-state index in [9.17, 15) is 0 Å². The Balaban J connectivity index is 2.03. The van der Waals surface area contributed by atoms with E-state index in [1.54, 1.807) is 6.20 Å². The van der Waals surface area contributed by atoms with Crippen LogP contribution in [0, 0.1) is 5.92 Å². The molecule has 0 bridgehead atoms. The van der Waals surface area contributed by atoms with Crippen molar-refractivity contribution in [3.63, 3.8) is 0 Å². The van der Waals surface area contributed by atoms with Gasteiger partial charge in [-0.2, -0.15) is 0 Å². The van der Waals surface area contributed by atoms with Gasteiger partial charge in [0.05, 0.1) is 6.10 Å². The Morgan fingerprint density at radius 3 is 2.89 bits per heavy atom. The molecule has 1 aliphatic carbocycles. The second-order valence-electron chi connectivity index (χ2n) is 5.39. The lowest BCUT2D eigenvalue weighted by Gasteiger charge is -2.27. The normalized spacial score (nSPS) is 18.2. The molecule has 0 spiro atoms. The molecule has 1 aliphatic rings. The number of hydrogen-bond donors (Lipinski definition) is 2. The number of anilines is 1. The van der Waals surface area contributed by atoms with E-state index in [-0.39, 0.29) is 0 Å². The van der Waals surface area contributed by atoms with Gasteiger partial charge in [-0.3, -0.25) is 0 Å². The van der Waals surface area contributed by atoms with Crippen molar-refractivity contribution in [3.05, 3.63) is 23.9 Å². The van der Waals surface area contributed by atoms with Gasteiger partial charge >= 0.3 is 0 Å². The molecule has 19 heavy (non-hydrogen) atoms. The Labute approximate surface area is 115 Å². The van der Waals surface area contributed by atoms with Crippen LogP contribution in [-0.4, -0.2) is 30.8 Å². The van der Waals surface area contributed by atoms with E-state index >= 15 is 0 Å². The van der Waals surface area contributed by atoms with Gasteiger partial charge in [-0.1, -0.05) is 6.92 Å². The SMILES string of the molecule is CCCNC(Cc1ccnc(N)c1)C(OC)C1CC1. The van der Waals surface area contributed by atoms with Gasteiger partial charge in [-0.15, -0.1) is 0 Å². The third kappa shape index (κ3) is 4.18. The van der Waals surface area contributed by atoms with Gasteiger partial charge in [0.15, 0.2) is 0 Å². The molecule has 1 aromatic heterocycles. The second-order valence-corrected chi connectivity index (χ2v) is 5.39. The monoisotopic (exact) mass is 263 g/mol. The number of rotatable bonds is 8. The molecule has 0 saturated heterocycles. The zero-order chi connectivity index (χ0) is 13.7. The average Bonchev–Trinajstić information content (AvgIpc) is 3.21. The molecule has 0 aliphatic heterocycles. The van der Waals surface area contributed by atoms with Crippen LogP contribution in [0.3, 0.4) is 0 Å². The van der Waals surface area contributed by atoms with Crippen molar-refractivity contribution in [3.8, 4) is 0 Å². The summed E-state index contributed by atoms with van der Waals surface area (Å²) in [5.41, 5.74) is 6.98. The minimum absolute atomic E-state index is 0.306. The van der Waals surface area contributed by atoms with Crippen molar-refractivity contribution < 1.29 is 4.74 Å². The zero-order valence-corrected chi connectivity index (χ0v) is 11.9. The largest absolute Gasteiger partial charge is 0.384 e. The molecule has 2 atom stereocenters. The van der Waals surface area contributed by atoms with Crippen LogP contribution in [-0.2, 0) is 11.2 Å². The molecule has 0 aromatic carbocycles. The highest BCUT2D eigenvalue weighted by Crippen LogP contribution is 2.36. The molecule has 0 amide bonds. The summed E-state index contributed by atoms with van der Waals surface area (Å²) in [7, 11) is 1.82. The topological polar surface area (TPSA) is 60.2 Å². The third-order valence-electron chi connectivity index (χ3n) is 3.71. The first-order valence-corrected chi connectivity index (χ1v) is 7.21. The highest BCUT2D eigenvalue weighted by atomic mass is 16.5. The maximum absolute atomic E-state index is 5.75. The summed E-state index contributed by atoms with van der Waals surface area (Å²) in [6.45, 7) is 3.21. The summed E-state index contributed by atoms with van der Waals surface area (Å²) in [5.74, 6) is 1.31. The number of nitrogens with zero attached hydrogens (tertiary/aromatic N) is 1. The lowest BCUT2D eigenvalue weighted by atomic mass is 9.98. The van der Waals surface area contributed by atoms with Crippen LogP contribution >= 0.6 is 0 Å². The van der Waals surface area contributed by atoms with Gasteiger partial charge in [-0.25, -0.2) is 4.98 Å². The van der Waals surface area contributed by atoms with Gasteiger partial charge in [0, 0.05) is 19.3 Å². The first kappa shape index (κ1) is 14.3. The fourth-order valence-corrected chi connectivity index (χ4v) is 2.62. The molecule has 0 radical (unpaired) electrons. The number of hydrogen-bond acceptors (Lipinski definition) is 4. The predicted octanol–water partition coefficient (Wildman–Crippen LogP) is 2.00. The Bertz CT molecular complexity index is 393. The molecule has 4 nitrogen and oxygen atoms in total. The first-order chi connectivity index (χ1) is 9.24. The Hall–Kier alpha value is -1.13. The van der Waals surface area contributed by atoms with Crippen LogP contribution in [0.25, 0.3) is 0 Å². The zero-order valence-electron chi connectivity index (χ0n) is 11.9. The third-order valence-corrected chi connectivity index (χ3v) is 3.71. The molecule has 1 saturated carbocycles. The maximum atomic E-state index is 5.75. The Morgan fingerprint density at radius 2 is 2.32 bits per heavy atom. The van der Waals surface area contributed by atoms with E-state index in [1.807, 2.05) is 19.2 Å². The lowest BCUT2D eigenvalue weighted by molar-refractivity contribution is 0.0511. The average molecular weight is 263 g/mol. The molecule has 1 heterocycles. The number of pyridine rings is 1. The van der Waals surface area contributed by atoms with Gasteiger partial charge in [0.25, 0.3) is 0 Å². The summed E-state index contributed by atoms with van der Waals surface area (Å²) >= 11 is 0. The number of nitrogens with one attached hydrogen (secondary N) is 1. The fourth-order valence-electron chi connectivity index (χ4n) is 2.62. The van der Waals surface area contributed by atoms with Crippen molar-refractivity contribution in [2.24, 2.45) is 5.92 Å². The number of ether oxygens (including phenoxy) is 1. The Morgan fingerprint density at radius 1 is 1.53 bits per heavy atom. The number of methoxy groups -OCH3 is 1. The molecule has 4 heteroatoms. The molecule has 2 unspecified atom stereocenters. The highest BCUT2D eigenvalue weighted by Gasteiger charge is 2.36. The van der Waals surface area contributed by atoms with Crippen molar-refractivity contribution >= 4 is 5.82 Å². The summed E-state index contributed by atoms with van der Waals surface area (Å²) in [6, 6.07) is 4.36. The van der Waals surface area contributed by atoms with Crippen molar-refractivity contribution in [2.75, 3.05) is 19.4 Å². The molecule has 3 N–H and O–H groups in total. The van der Waals surface area contributed by atoms with Crippen LogP contribution in [0.5, 0.6) is 0 Å². The minimum atomic E-state index is 0.306. The molecular weight excluding hydrogens is 238 g/mol. The summed E-state index contributed by atoms with van der Waals surface area (Å²) in [6.07, 6.45) is 6.75. The number of nitrogen functional groups attached to an aromatic ring is 1. The number of aromatic nitrogens is 1. The van der Waals surface area contributed by atoms with Crippen molar-refractivity contribution in [1.29, 1.82) is 0 Å². The van der Waals surface area contributed by atoms with Crippen LogP contribution in [0.4, 0.5) is 5.82 Å². The van der Waals surface area contributed by atoms with E-state index in [0.717, 1.165) is 25.3 Å². The smallest absolute Gasteiger partial charge is 0.123 e. The molecule has 106 valence electrons. The lowest BCUT2D eigenvalue weighted by Crippen LogP contribution is -2.44. The highest BCUT2D eigenvalue weighted by molar-refractivity contribution is 5.32. The van der Waals surface area contributed by atoms with E-state index in [4.69, 9.17) is 10.5 Å². The van der Waals surface area contributed by atoms with Crippen LogP contribution in [0.15, 0.2) is 18.3 Å². The van der Waals surface area contributed by atoms with Crippen LogP contribution < -0.4 is 11.1 Å². The van der Waals surface area contributed by atoms with Crippen LogP contribution in [0.2, 0.25) is 0 Å². The van der Waals surface area contributed by atoms with E-state index in [2.05, 4.69) is 17.2 Å². The summed E-state index contributed by atoms with van der Waals surface area (Å²) < 4.78 is 5.73. The maximum Gasteiger partial charge on any atom is 0.123 e. The van der Waals surface area contributed by atoms with E-state index < -0.39 is 0 Å².